The Morgan fingerprint density at radius 3 is 1.52 bits per heavy atom. The van der Waals surface area contributed by atoms with Gasteiger partial charge in [-0.25, -0.2) is 0 Å². The zero-order valence-corrected chi connectivity index (χ0v) is 26.4. The summed E-state index contributed by atoms with van der Waals surface area (Å²) in [7, 11) is -1.05. The fraction of sp³-hybridized carbons (Fsp3) is 0.278. The first-order valence-electron chi connectivity index (χ1n) is 14.3. The van der Waals surface area contributed by atoms with Gasteiger partial charge < -0.3 is 8.68 Å². The van der Waals surface area contributed by atoms with Crippen molar-refractivity contribution < 1.29 is 0 Å². The lowest BCUT2D eigenvalue weighted by atomic mass is 10.0. The van der Waals surface area contributed by atoms with Gasteiger partial charge in [0.1, 0.15) is 0 Å². The van der Waals surface area contributed by atoms with Crippen molar-refractivity contribution >= 4 is 48.7 Å². The molecule has 2 aromatic heterocycles. The third kappa shape index (κ3) is 5.13. The van der Waals surface area contributed by atoms with Crippen LogP contribution in [0.2, 0.25) is 0 Å². The smallest absolute Gasteiger partial charge is 0.0514 e. The van der Waals surface area contributed by atoms with Gasteiger partial charge in [-0.15, -0.1) is 0 Å². The van der Waals surface area contributed by atoms with Crippen molar-refractivity contribution in [2.24, 2.45) is 0 Å². The van der Waals surface area contributed by atoms with Crippen LogP contribution in [0.1, 0.15) is 52.7 Å². The maximum Gasteiger partial charge on any atom is 0.0514 e. The van der Waals surface area contributed by atoms with Crippen LogP contribution in [0.5, 0.6) is 0 Å². The average Bonchev–Trinajstić information content (AvgIpc) is 3.54. The van der Waals surface area contributed by atoms with Crippen LogP contribution in [0.4, 0.5) is 0 Å². The molecule has 0 saturated carbocycles. The Labute approximate surface area is 241 Å². The Balaban J connectivity index is 1.50. The predicted molar refractivity (Wildman–Crippen MR) is 179 cm³/mol. The molecule has 0 amide bonds. The molecule has 0 bridgehead atoms. The van der Waals surface area contributed by atoms with Gasteiger partial charge in [-0.05, 0) is 56.9 Å². The topological polar surface area (TPSA) is 9.86 Å². The quantitative estimate of drug-likeness (QED) is 0.179. The fourth-order valence-corrected chi connectivity index (χ4v) is 11.0. The van der Waals surface area contributed by atoms with Crippen LogP contribution in [-0.4, -0.2) is 19.0 Å². The molecule has 4 heteroatoms. The second-order valence-electron chi connectivity index (χ2n) is 12.8. The number of hydrogen-bond donors (Lipinski definition) is 0. The molecule has 2 atom stereocenters. The molecular formula is C36H40N2P2. The molecule has 0 radical (unpaired) electrons. The van der Waals surface area contributed by atoms with Crippen LogP contribution in [0.25, 0.3) is 32.6 Å². The number of para-hydroxylation sites is 2. The highest BCUT2D eigenvalue weighted by atomic mass is 31.1. The van der Waals surface area contributed by atoms with E-state index < -0.39 is 16.1 Å². The molecule has 2 unspecified atom stereocenters. The molecule has 0 spiro atoms. The molecule has 2 heterocycles. The first kappa shape index (κ1) is 27.3. The fourth-order valence-electron chi connectivity index (χ4n) is 5.86. The number of nitrogens with zero attached hydrogens (tertiary/aromatic N) is 2. The van der Waals surface area contributed by atoms with Crippen LogP contribution in [0, 0.1) is 0 Å². The summed E-state index contributed by atoms with van der Waals surface area (Å²) < 4.78 is 5.19. The van der Waals surface area contributed by atoms with E-state index in [0.717, 1.165) is 12.3 Å². The molecule has 2 nitrogen and oxygen atoms in total. The van der Waals surface area contributed by atoms with Crippen molar-refractivity contribution in [3.8, 4) is 0 Å². The minimum Gasteiger partial charge on any atom is -0.325 e. The van der Waals surface area contributed by atoms with E-state index in [1.165, 1.54) is 43.7 Å². The van der Waals surface area contributed by atoms with E-state index in [4.69, 9.17) is 0 Å². The Morgan fingerprint density at radius 2 is 0.975 bits per heavy atom. The summed E-state index contributed by atoms with van der Waals surface area (Å²) in [4.78, 5) is 0. The van der Waals surface area contributed by atoms with Crippen molar-refractivity contribution in [2.45, 2.75) is 64.2 Å². The van der Waals surface area contributed by atoms with E-state index in [-0.39, 0.29) is 10.3 Å². The number of fused-ring (bicyclic) bond motifs is 3. The van der Waals surface area contributed by atoms with Gasteiger partial charge in [-0.1, -0.05) is 114 Å². The van der Waals surface area contributed by atoms with Crippen molar-refractivity contribution in [1.29, 1.82) is 0 Å². The van der Waals surface area contributed by atoms with E-state index in [1.54, 1.807) is 0 Å². The highest BCUT2D eigenvalue weighted by Crippen LogP contribution is 2.58. The second kappa shape index (κ2) is 10.5. The van der Waals surface area contributed by atoms with Crippen molar-refractivity contribution in [1.82, 2.24) is 8.68 Å². The summed E-state index contributed by atoms with van der Waals surface area (Å²) in [6, 6.07) is 36.1. The molecule has 0 saturated heterocycles. The van der Waals surface area contributed by atoms with Gasteiger partial charge in [0.15, 0.2) is 0 Å². The minimum absolute atomic E-state index is 0.150. The molecule has 204 valence electrons. The molecule has 0 aliphatic rings. The molecule has 0 aliphatic heterocycles. The molecule has 0 aliphatic carbocycles. The lowest BCUT2D eigenvalue weighted by Crippen LogP contribution is -2.19. The lowest BCUT2D eigenvalue weighted by molar-refractivity contribution is 0.767. The maximum atomic E-state index is 2.60. The third-order valence-corrected chi connectivity index (χ3v) is 14.1. The first-order valence-corrected chi connectivity index (χ1v) is 17.2. The number of hydrogen-bond acceptors (Lipinski definition) is 0. The summed E-state index contributed by atoms with van der Waals surface area (Å²) in [5, 5.41) is 5.72. The number of benzene rings is 4. The molecule has 40 heavy (non-hydrogen) atoms. The Hall–Kier alpha value is -2.92. The van der Waals surface area contributed by atoms with E-state index in [9.17, 15) is 0 Å². The normalized spacial score (nSPS) is 14.2. The van der Waals surface area contributed by atoms with E-state index in [0.29, 0.717) is 0 Å². The Kier molecular flexibility index (Phi) is 7.14. The van der Waals surface area contributed by atoms with Crippen molar-refractivity contribution in [3.63, 3.8) is 0 Å². The Bertz CT molecular complexity index is 1800. The van der Waals surface area contributed by atoms with Gasteiger partial charge >= 0.3 is 0 Å². The highest BCUT2D eigenvalue weighted by molar-refractivity contribution is 7.57. The SMILES string of the molecule is CC(C)(C)P(Cc1ccc2ccccc2c1CP(n1ccc2ccccc21)C(C)(C)C)n1ccc2ccccc21. The minimum atomic E-state index is -0.535. The van der Waals surface area contributed by atoms with Crippen LogP contribution in [0.15, 0.2) is 109 Å². The predicted octanol–water partition coefficient (Wildman–Crippen LogP) is 11.2. The van der Waals surface area contributed by atoms with E-state index >= 15 is 0 Å². The molecule has 6 rings (SSSR count). The zero-order valence-electron chi connectivity index (χ0n) is 24.6. The second-order valence-corrected chi connectivity index (χ2v) is 18.6. The summed E-state index contributed by atoms with van der Waals surface area (Å²) in [6.07, 6.45) is 6.79. The van der Waals surface area contributed by atoms with Crippen LogP contribution in [-0.2, 0) is 12.3 Å². The van der Waals surface area contributed by atoms with Crippen molar-refractivity contribution in [2.75, 3.05) is 0 Å². The van der Waals surface area contributed by atoms with Crippen LogP contribution in [0.3, 0.4) is 0 Å². The molecule has 0 N–H and O–H groups in total. The third-order valence-electron chi connectivity index (χ3n) is 7.99. The Morgan fingerprint density at radius 1 is 0.500 bits per heavy atom. The average molecular weight is 563 g/mol. The summed E-state index contributed by atoms with van der Waals surface area (Å²) in [5.74, 6) is 0. The largest absolute Gasteiger partial charge is 0.325 e. The van der Waals surface area contributed by atoms with E-state index in [2.05, 4.69) is 160 Å². The van der Waals surface area contributed by atoms with E-state index in [1.807, 2.05) is 0 Å². The first-order chi connectivity index (χ1) is 19.1. The standard InChI is InChI=1S/C36H40N2P2/c1-35(2,3)39(37-23-21-28-14-8-11-17-33(28)37)25-30-20-19-27-13-7-10-16-31(27)32(30)26-40(36(4,5)6)38-24-22-29-15-9-12-18-34(29)38/h7-24H,25-26H2,1-6H3. The molecule has 0 fully saturated rings. The van der Waals surface area contributed by atoms with Gasteiger partial charge in [0, 0.05) is 51.2 Å². The zero-order chi connectivity index (χ0) is 28.1. The van der Waals surface area contributed by atoms with Gasteiger partial charge in [0.05, 0.1) is 11.0 Å². The monoisotopic (exact) mass is 562 g/mol. The lowest BCUT2D eigenvalue weighted by Gasteiger charge is -2.36. The number of rotatable bonds is 6. The summed E-state index contributed by atoms with van der Waals surface area (Å²) in [5.41, 5.74) is 5.73. The molecule has 4 aromatic carbocycles. The number of aromatic nitrogens is 2. The highest BCUT2D eigenvalue weighted by Gasteiger charge is 2.31. The van der Waals surface area contributed by atoms with Crippen LogP contribution < -0.4 is 0 Å². The van der Waals surface area contributed by atoms with Gasteiger partial charge in [-0.2, -0.15) is 0 Å². The molecule has 6 aromatic rings. The molecular weight excluding hydrogens is 522 g/mol. The summed E-state index contributed by atoms with van der Waals surface area (Å²) >= 11 is 0. The van der Waals surface area contributed by atoms with Gasteiger partial charge in [0.25, 0.3) is 0 Å². The van der Waals surface area contributed by atoms with Gasteiger partial charge in [-0.3, -0.25) is 0 Å². The summed E-state index contributed by atoms with van der Waals surface area (Å²) in [6.45, 7) is 14.5. The van der Waals surface area contributed by atoms with Crippen LogP contribution >= 0.6 is 16.1 Å². The van der Waals surface area contributed by atoms with Gasteiger partial charge in [0.2, 0.25) is 0 Å². The maximum absolute atomic E-state index is 2.60. The van der Waals surface area contributed by atoms with Crippen molar-refractivity contribution in [3.05, 3.63) is 121 Å².